The van der Waals surface area contributed by atoms with Gasteiger partial charge in [0.05, 0.1) is 29.5 Å². The predicted octanol–water partition coefficient (Wildman–Crippen LogP) is 2.58. The quantitative estimate of drug-likeness (QED) is 0.709. The first-order chi connectivity index (χ1) is 12.9. The van der Waals surface area contributed by atoms with Crippen molar-refractivity contribution in [3.8, 4) is 11.3 Å². The van der Waals surface area contributed by atoms with Crippen LogP contribution in [0, 0.1) is 0 Å². The van der Waals surface area contributed by atoms with Crippen LogP contribution in [0.15, 0.2) is 36.8 Å². The van der Waals surface area contributed by atoms with Crippen molar-refractivity contribution in [3.05, 3.63) is 42.5 Å². The molecule has 0 N–H and O–H groups in total. The van der Waals surface area contributed by atoms with E-state index in [1.807, 2.05) is 37.3 Å². The number of aromatic nitrogens is 4. The molecular formula is C20H22FN5O. The fourth-order valence-electron chi connectivity index (χ4n) is 3.44. The van der Waals surface area contributed by atoms with Crippen molar-refractivity contribution >= 4 is 16.7 Å². The normalized spacial score (nSPS) is 17.3. The highest BCUT2D eigenvalue weighted by molar-refractivity contribution is 5.90. The average molecular weight is 367 g/mol. The average Bonchev–Trinajstić information content (AvgIpc) is 3.10. The molecule has 0 unspecified atom stereocenters. The number of fused-ring (bicyclic) bond motifs is 1. The number of pyridine rings is 2. The van der Waals surface area contributed by atoms with E-state index < -0.39 is 5.67 Å². The van der Waals surface area contributed by atoms with Gasteiger partial charge in [-0.15, -0.1) is 0 Å². The smallest absolute Gasteiger partial charge is 0.175 e. The molecule has 1 aliphatic heterocycles. The van der Waals surface area contributed by atoms with Crippen LogP contribution in [0.3, 0.4) is 0 Å². The Morgan fingerprint density at radius 2 is 2.00 bits per heavy atom. The lowest BCUT2D eigenvalue weighted by Crippen LogP contribution is -2.45. The van der Waals surface area contributed by atoms with E-state index in [1.165, 1.54) is 0 Å². The minimum atomic E-state index is -1.74. The van der Waals surface area contributed by atoms with Gasteiger partial charge in [-0.2, -0.15) is 5.10 Å². The Labute approximate surface area is 157 Å². The van der Waals surface area contributed by atoms with Gasteiger partial charge in [0.1, 0.15) is 0 Å². The molecule has 0 atom stereocenters. The van der Waals surface area contributed by atoms with Crippen LogP contribution in [0.4, 0.5) is 4.39 Å². The number of halogens is 1. The molecule has 3 aromatic rings. The predicted molar refractivity (Wildman–Crippen MR) is 101 cm³/mol. The van der Waals surface area contributed by atoms with Gasteiger partial charge in [0.15, 0.2) is 11.5 Å². The summed E-state index contributed by atoms with van der Waals surface area (Å²) in [5.74, 6) is -0.383. The third kappa shape index (κ3) is 3.60. The monoisotopic (exact) mass is 367 g/mol. The largest absolute Gasteiger partial charge is 0.306 e. The summed E-state index contributed by atoms with van der Waals surface area (Å²) >= 11 is 0. The zero-order valence-corrected chi connectivity index (χ0v) is 15.5. The number of carbonyl (C=O) groups is 1. The maximum atomic E-state index is 15.0. The second kappa shape index (κ2) is 6.81. The minimum Gasteiger partial charge on any atom is -0.306 e. The highest BCUT2D eigenvalue weighted by atomic mass is 19.1. The van der Waals surface area contributed by atoms with Crippen LogP contribution in [-0.2, 0) is 18.3 Å². The van der Waals surface area contributed by atoms with E-state index in [9.17, 15) is 9.18 Å². The van der Waals surface area contributed by atoms with Gasteiger partial charge in [-0.1, -0.05) is 0 Å². The molecule has 7 heteroatoms. The first-order valence-electron chi connectivity index (χ1n) is 9.08. The van der Waals surface area contributed by atoms with Crippen molar-refractivity contribution in [2.45, 2.75) is 24.9 Å². The number of hydrogen-bond acceptors (Lipinski definition) is 5. The van der Waals surface area contributed by atoms with Gasteiger partial charge >= 0.3 is 0 Å². The van der Waals surface area contributed by atoms with Gasteiger partial charge in [-0.05, 0) is 25.2 Å². The van der Waals surface area contributed by atoms with Crippen LogP contribution in [0.2, 0.25) is 0 Å². The van der Waals surface area contributed by atoms with Gasteiger partial charge in [0, 0.05) is 56.3 Å². The summed E-state index contributed by atoms with van der Waals surface area (Å²) in [7, 11) is 3.80. The van der Waals surface area contributed by atoms with Gasteiger partial charge in [-0.3, -0.25) is 14.5 Å². The highest BCUT2D eigenvalue weighted by Crippen LogP contribution is 2.28. The number of hydrogen-bond donors (Lipinski definition) is 0. The van der Waals surface area contributed by atoms with Gasteiger partial charge in [-0.25, -0.2) is 9.37 Å². The van der Waals surface area contributed by atoms with Crippen LogP contribution >= 0.6 is 0 Å². The maximum absolute atomic E-state index is 15.0. The minimum absolute atomic E-state index is 0.00501. The number of likely N-dealkylation sites (tertiary alicyclic amines) is 1. The van der Waals surface area contributed by atoms with E-state index in [4.69, 9.17) is 0 Å². The first-order valence-corrected chi connectivity index (χ1v) is 9.08. The molecule has 6 nitrogen and oxygen atoms in total. The van der Waals surface area contributed by atoms with E-state index in [0.29, 0.717) is 18.8 Å². The Balaban J connectivity index is 1.58. The lowest BCUT2D eigenvalue weighted by Gasteiger charge is -2.33. The maximum Gasteiger partial charge on any atom is 0.175 e. The summed E-state index contributed by atoms with van der Waals surface area (Å²) in [6.45, 7) is 1.20. The third-order valence-electron chi connectivity index (χ3n) is 5.25. The summed E-state index contributed by atoms with van der Waals surface area (Å²) in [5, 5.41) is 5.05. The first kappa shape index (κ1) is 17.7. The molecule has 4 heterocycles. The van der Waals surface area contributed by atoms with Crippen LogP contribution < -0.4 is 0 Å². The van der Waals surface area contributed by atoms with E-state index in [1.54, 1.807) is 23.1 Å². The summed E-state index contributed by atoms with van der Waals surface area (Å²) in [6, 6.07) is 5.64. The number of Topliss-reactive ketones (excluding diaryl/α,β-unsaturated/α-hetero) is 1. The van der Waals surface area contributed by atoms with Gasteiger partial charge < -0.3 is 4.90 Å². The Morgan fingerprint density at radius 3 is 2.70 bits per heavy atom. The van der Waals surface area contributed by atoms with Gasteiger partial charge in [0.25, 0.3) is 0 Å². The van der Waals surface area contributed by atoms with E-state index in [-0.39, 0.29) is 25.0 Å². The Hall–Kier alpha value is -2.67. The molecule has 27 heavy (non-hydrogen) atoms. The molecule has 4 rings (SSSR count). The number of nitrogens with zero attached hydrogens (tertiary/aromatic N) is 5. The topological polar surface area (TPSA) is 63.9 Å². The van der Waals surface area contributed by atoms with Crippen LogP contribution in [-0.4, -0.2) is 56.2 Å². The summed E-state index contributed by atoms with van der Waals surface area (Å²) < 4.78 is 16.7. The SMILES string of the molecule is CN1CCC(F)(C(=O)Cc2cc3nc(-c4cnn(C)c4)ccc3cn2)CC1. The van der Waals surface area contributed by atoms with Crippen LogP contribution in [0.5, 0.6) is 0 Å². The fourth-order valence-corrected chi connectivity index (χ4v) is 3.44. The molecule has 1 aliphatic rings. The Bertz CT molecular complexity index is 991. The number of ketones is 1. The molecule has 140 valence electrons. The van der Waals surface area contributed by atoms with Crippen molar-refractivity contribution in [3.63, 3.8) is 0 Å². The Kier molecular flexibility index (Phi) is 4.47. The third-order valence-corrected chi connectivity index (χ3v) is 5.25. The number of alkyl halides is 1. The van der Waals surface area contributed by atoms with E-state index in [2.05, 4.69) is 15.1 Å². The molecule has 3 aromatic heterocycles. The zero-order chi connectivity index (χ0) is 19.0. The second-order valence-corrected chi connectivity index (χ2v) is 7.34. The number of aryl methyl sites for hydroxylation is 1. The summed E-state index contributed by atoms with van der Waals surface area (Å²) in [6.07, 6.45) is 5.84. The molecule has 0 bridgehead atoms. The van der Waals surface area contributed by atoms with Crippen molar-refractivity contribution in [1.82, 2.24) is 24.6 Å². The van der Waals surface area contributed by atoms with E-state index in [0.717, 1.165) is 22.2 Å². The van der Waals surface area contributed by atoms with Crippen molar-refractivity contribution in [1.29, 1.82) is 0 Å². The molecule has 0 aromatic carbocycles. The zero-order valence-electron chi connectivity index (χ0n) is 15.5. The highest BCUT2D eigenvalue weighted by Gasteiger charge is 2.40. The number of piperidine rings is 1. The fraction of sp³-hybridized carbons (Fsp3) is 0.400. The molecule has 0 radical (unpaired) electrons. The molecule has 1 saturated heterocycles. The van der Waals surface area contributed by atoms with Gasteiger partial charge in [0.2, 0.25) is 0 Å². The Morgan fingerprint density at radius 1 is 1.22 bits per heavy atom. The molecule has 0 saturated carbocycles. The molecule has 0 spiro atoms. The number of rotatable bonds is 4. The summed E-state index contributed by atoms with van der Waals surface area (Å²) in [5.41, 5.74) is 1.28. The van der Waals surface area contributed by atoms with Crippen molar-refractivity contribution < 1.29 is 9.18 Å². The standard InChI is InChI=1S/C20H22FN5O/c1-25-7-5-20(21,6-8-25)19(27)10-16-9-18-14(11-22-16)3-4-17(24-18)15-12-23-26(2)13-15/h3-4,9,11-13H,5-8,10H2,1-2H3. The lowest BCUT2D eigenvalue weighted by molar-refractivity contribution is -0.132. The van der Waals surface area contributed by atoms with Crippen LogP contribution in [0.25, 0.3) is 22.2 Å². The second-order valence-electron chi connectivity index (χ2n) is 7.34. The van der Waals surface area contributed by atoms with Crippen molar-refractivity contribution in [2.24, 2.45) is 7.05 Å². The molecule has 0 amide bonds. The van der Waals surface area contributed by atoms with Crippen molar-refractivity contribution in [2.75, 3.05) is 20.1 Å². The summed E-state index contributed by atoms with van der Waals surface area (Å²) in [4.78, 5) is 23.6. The van der Waals surface area contributed by atoms with Crippen LogP contribution in [0.1, 0.15) is 18.5 Å². The number of carbonyl (C=O) groups excluding carboxylic acids is 1. The molecule has 1 fully saturated rings. The van der Waals surface area contributed by atoms with E-state index >= 15 is 0 Å². The lowest BCUT2D eigenvalue weighted by atomic mass is 9.87. The molecular weight excluding hydrogens is 345 g/mol. The molecule has 0 aliphatic carbocycles.